The second-order valence-corrected chi connectivity index (χ2v) is 7.15. The topological polar surface area (TPSA) is 0 Å². The Labute approximate surface area is 144 Å². The highest BCUT2D eigenvalue weighted by Gasteiger charge is 2.21. The van der Waals surface area contributed by atoms with E-state index in [9.17, 15) is 13.2 Å². The molecule has 1 aliphatic carbocycles. The molecule has 0 radical (unpaired) electrons. The van der Waals surface area contributed by atoms with Gasteiger partial charge in [-0.3, -0.25) is 0 Å². The lowest BCUT2D eigenvalue weighted by Gasteiger charge is -2.28. The maximum atomic E-state index is 13.2. The minimum absolute atomic E-state index is 0.567. The average Bonchev–Trinajstić information content (AvgIpc) is 2.58. The highest BCUT2D eigenvalue weighted by atomic mass is 19.2. The van der Waals surface area contributed by atoms with Crippen LogP contribution in [0.15, 0.2) is 24.3 Å². The molecule has 1 aromatic rings. The van der Waals surface area contributed by atoms with Crippen molar-refractivity contribution in [2.75, 3.05) is 0 Å². The first-order valence-corrected chi connectivity index (χ1v) is 9.34. The second kappa shape index (κ2) is 9.90. The van der Waals surface area contributed by atoms with E-state index in [-0.39, 0.29) is 0 Å². The average molecular weight is 338 g/mol. The van der Waals surface area contributed by atoms with Gasteiger partial charge in [0.2, 0.25) is 0 Å². The Morgan fingerprint density at radius 3 is 2.08 bits per heavy atom. The largest absolute Gasteiger partial charge is 0.204 e. The molecule has 1 aliphatic rings. The van der Waals surface area contributed by atoms with E-state index < -0.39 is 17.5 Å². The van der Waals surface area contributed by atoms with Crippen LogP contribution in [0.5, 0.6) is 0 Å². The molecule has 0 heterocycles. The molecule has 0 nitrogen and oxygen atoms in total. The zero-order valence-electron chi connectivity index (χ0n) is 14.7. The molecule has 0 aliphatic heterocycles. The van der Waals surface area contributed by atoms with Crippen molar-refractivity contribution in [2.24, 2.45) is 11.8 Å². The first-order valence-electron chi connectivity index (χ1n) is 9.34. The van der Waals surface area contributed by atoms with E-state index in [1.807, 2.05) is 0 Å². The summed E-state index contributed by atoms with van der Waals surface area (Å²) in [6.45, 7) is 2.07. The molecule has 3 heteroatoms. The summed E-state index contributed by atoms with van der Waals surface area (Å²) in [4.78, 5) is 0. The maximum Gasteiger partial charge on any atom is 0.194 e. The third-order valence-corrected chi connectivity index (χ3v) is 5.32. The van der Waals surface area contributed by atoms with Crippen molar-refractivity contribution in [3.05, 3.63) is 47.3 Å². The minimum Gasteiger partial charge on any atom is -0.204 e. The van der Waals surface area contributed by atoms with Crippen molar-refractivity contribution in [3.63, 3.8) is 0 Å². The van der Waals surface area contributed by atoms with Crippen LogP contribution in [-0.2, 0) is 6.42 Å². The monoisotopic (exact) mass is 338 g/mol. The van der Waals surface area contributed by atoms with E-state index in [2.05, 4.69) is 19.1 Å². The van der Waals surface area contributed by atoms with Crippen molar-refractivity contribution in [1.29, 1.82) is 0 Å². The Morgan fingerprint density at radius 1 is 0.917 bits per heavy atom. The predicted octanol–water partition coefficient (Wildman–Crippen LogP) is 6.98. The molecule has 0 bridgehead atoms. The first-order chi connectivity index (χ1) is 11.6. The molecule has 2 rings (SSSR count). The van der Waals surface area contributed by atoms with Gasteiger partial charge < -0.3 is 0 Å². The van der Waals surface area contributed by atoms with Crippen LogP contribution >= 0.6 is 0 Å². The Morgan fingerprint density at radius 2 is 1.50 bits per heavy atom. The summed E-state index contributed by atoms with van der Waals surface area (Å²) in [7, 11) is 0. The molecule has 0 amide bonds. The third kappa shape index (κ3) is 5.99. The van der Waals surface area contributed by atoms with Gasteiger partial charge in [0.1, 0.15) is 0 Å². The summed E-state index contributed by atoms with van der Waals surface area (Å²) in [5, 5.41) is 0. The van der Waals surface area contributed by atoms with Gasteiger partial charge in [-0.2, -0.15) is 0 Å². The number of aryl methyl sites for hydroxylation is 1. The Kier molecular flexibility index (Phi) is 7.87. The van der Waals surface area contributed by atoms with E-state index in [0.717, 1.165) is 24.5 Å². The Hall–Kier alpha value is -1.25. The number of halogens is 3. The lowest BCUT2D eigenvalue weighted by Crippen LogP contribution is -2.15. The zero-order chi connectivity index (χ0) is 17.4. The van der Waals surface area contributed by atoms with Crippen LogP contribution in [0.2, 0.25) is 0 Å². The van der Waals surface area contributed by atoms with Crippen molar-refractivity contribution >= 4 is 0 Å². The van der Waals surface area contributed by atoms with E-state index in [4.69, 9.17) is 0 Å². The molecule has 24 heavy (non-hydrogen) atoms. The smallest absolute Gasteiger partial charge is 0.194 e. The number of hydrogen-bond donors (Lipinski definition) is 0. The summed E-state index contributed by atoms with van der Waals surface area (Å²) in [5.41, 5.74) is 0.567. The molecule has 1 saturated carbocycles. The van der Waals surface area contributed by atoms with E-state index in [1.165, 1.54) is 51.4 Å². The highest BCUT2D eigenvalue weighted by molar-refractivity contribution is 5.19. The van der Waals surface area contributed by atoms with E-state index in [1.54, 1.807) is 0 Å². The normalized spacial score (nSPS) is 21.5. The fraction of sp³-hybridized carbons (Fsp3) is 0.619. The van der Waals surface area contributed by atoms with E-state index in [0.29, 0.717) is 17.9 Å². The van der Waals surface area contributed by atoms with Crippen LogP contribution in [0.3, 0.4) is 0 Å². The van der Waals surface area contributed by atoms with Gasteiger partial charge in [0, 0.05) is 0 Å². The van der Waals surface area contributed by atoms with E-state index >= 15 is 0 Å². The fourth-order valence-corrected chi connectivity index (χ4v) is 3.79. The number of rotatable bonds is 8. The molecular weight excluding hydrogens is 309 g/mol. The Balaban J connectivity index is 1.66. The zero-order valence-corrected chi connectivity index (χ0v) is 14.7. The number of allylic oxidation sites excluding steroid dienone is 2. The van der Waals surface area contributed by atoms with Gasteiger partial charge in [-0.05, 0) is 62.1 Å². The van der Waals surface area contributed by atoms with Crippen LogP contribution < -0.4 is 0 Å². The lowest BCUT2D eigenvalue weighted by atomic mass is 9.78. The van der Waals surface area contributed by atoms with Crippen LogP contribution in [0.1, 0.15) is 70.3 Å². The molecule has 0 unspecified atom stereocenters. The van der Waals surface area contributed by atoms with Crippen molar-refractivity contribution in [3.8, 4) is 0 Å². The molecule has 0 spiro atoms. The van der Waals surface area contributed by atoms with Crippen LogP contribution in [0.4, 0.5) is 13.2 Å². The van der Waals surface area contributed by atoms with Gasteiger partial charge in [-0.25, -0.2) is 13.2 Å². The summed E-state index contributed by atoms with van der Waals surface area (Å²) in [5.74, 6) is -2.03. The summed E-state index contributed by atoms with van der Waals surface area (Å²) < 4.78 is 39.4. The SMILES string of the molecule is CC=CCCCCC1CCC(CCc2cc(F)c(F)c(F)c2)CC1. The second-order valence-electron chi connectivity index (χ2n) is 7.15. The Bertz CT molecular complexity index is 505. The van der Waals surface area contributed by atoms with Gasteiger partial charge in [0.25, 0.3) is 0 Å². The molecule has 0 saturated heterocycles. The van der Waals surface area contributed by atoms with Crippen LogP contribution in [0.25, 0.3) is 0 Å². The minimum atomic E-state index is -1.37. The highest BCUT2D eigenvalue weighted by Crippen LogP contribution is 2.34. The fourth-order valence-electron chi connectivity index (χ4n) is 3.79. The molecule has 0 atom stereocenters. The van der Waals surface area contributed by atoms with Gasteiger partial charge in [0.05, 0.1) is 0 Å². The summed E-state index contributed by atoms with van der Waals surface area (Å²) in [6.07, 6.45) is 16.0. The van der Waals surface area contributed by atoms with Crippen molar-refractivity contribution in [1.82, 2.24) is 0 Å². The van der Waals surface area contributed by atoms with Gasteiger partial charge in [-0.1, -0.05) is 50.7 Å². The predicted molar refractivity (Wildman–Crippen MR) is 93.4 cm³/mol. The summed E-state index contributed by atoms with van der Waals surface area (Å²) in [6, 6.07) is 2.27. The number of unbranched alkanes of at least 4 members (excludes halogenated alkanes) is 2. The van der Waals surface area contributed by atoms with Gasteiger partial charge >= 0.3 is 0 Å². The van der Waals surface area contributed by atoms with Gasteiger partial charge in [0.15, 0.2) is 17.5 Å². The quantitative estimate of drug-likeness (QED) is 0.272. The van der Waals surface area contributed by atoms with Crippen LogP contribution in [0, 0.1) is 29.3 Å². The molecular formula is C21H29F3. The lowest BCUT2D eigenvalue weighted by molar-refractivity contribution is 0.249. The van der Waals surface area contributed by atoms with Crippen molar-refractivity contribution in [2.45, 2.75) is 71.1 Å². The third-order valence-electron chi connectivity index (χ3n) is 5.32. The number of hydrogen-bond acceptors (Lipinski definition) is 0. The first kappa shape index (κ1) is 19.1. The molecule has 134 valence electrons. The number of benzene rings is 1. The molecule has 0 N–H and O–H groups in total. The van der Waals surface area contributed by atoms with Crippen molar-refractivity contribution < 1.29 is 13.2 Å². The standard InChI is InChI=1S/C21H29F3/c1-2-3-4-5-6-7-16-8-10-17(11-9-16)12-13-18-14-19(22)21(24)20(23)15-18/h2-3,14-17H,4-13H2,1H3. The maximum absolute atomic E-state index is 13.2. The molecule has 1 fully saturated rings. The van der Waals surface area contributed by atoms with Gasteiger partial charge in [-0.15, -0.1) is 0 Å². The van der Waals surface area contributed by atoms with Crippen LogP contribution in [-0.4, -0.2) is 0 Å². The molecule has 1 aromatic carbocycles. The summed E-state index contributed by atoms with van der Waals surface area (Å²) >= 11 is 0. The molecule has 0 aromatic heterocycles.